The molecule has 2 rings (SSSR count). The van der Waals surface area contributed by atoms with E-state index >= 15 is 0 Å². The van der Waals surface area contributed by atoms with Crippen LogP contribution in [0.25, 0.3) is 0 Å². The Hall–Kier alpha value is -2.63. The van der Waals surface area contributed by atoms with E-state index in [9.17, 15) is 14.5 Å². The summed E-state index contributed by atoms with van der Waals surface area (Å²) in [7, 11) is 0.402. The highest BCUT2D eigenvalue weighted by Gasteiger charge is 2.33. The molecule has 0 saturated heterocycles. The predicted octanol–water partition coefficient (Wildman–Crippen LogP) is 8.76. The molecule has 0 saturated carbocycles. The topological polar surface area (TPSA) is 91.3 Å². The van der Waals surface area contributed by atoms with Gasteiger partial charge >= 0.3 is 20.5 Å². The lowest BCUT2D eigenvalue weighted by molar-refractivity contribution is -0.141. The molecule has 0 bridgehead atoms. The predicted molar refractivity (Wildman–Crippen MR) is 179 cm³/mol. The molecule has 0 spiro atoms. The molecule has 246 valence electrons. The molecule has 0 unspecified atom stereocenters. The summed E-state index contributed by atoms with van der Waals surface area (Å²) in [5, 5.41) is 0. The smallest absolute Gasteiger partial charge is 0.460 e. The fourth-order valence-electron chi connectivity index (χ4n) is 4.96. The van der Waals surface area contributed by atoms with Gasteiger partial charge in [0, 0.05) is 35.1 Å². The van der Waals surface area contributed by atoms with Crippen molar-refractivity contribution in [3.8, 4) is 11.5 Å². The normalized spacial score (nSPS) is 12.7. The second-order valence-electron chi connectivity index (χ2n) is 15.6. The second kappa shape index (κ2) is 14.2. The minimum absolute atomic E-state index is 0.257. The van der Waals surface area contributed by atoms with Crippen molar-refractivity contribution < 1.29 is 33.0 Å². The Kier molecular flexibility index (Phi) is 12.1. The quantitative estimate of drug-likeness (QED) is 0.207. The molecule has 2 aromatic carbocycles. The number of carbonyl (C=O) groups excluding carboxylic acids is 2. The molecule has 1 N–H and O–H groups in total. The molecule has 0 radical (unpaired) electrons. The number of hydrogen-bond acceptors (Lipinski definition) is 7. The van der Waals surface area contributed by atoms with Crippen molar-refractivity contribution in [2.24, 2.45) is 0 Å². The van der Waals surface area contributed by atoms with Crippen LogP contribution in [0.4, 0.5) is 0 Å². The average molecular weight is 631 g/mol. The van der Waals surface area contributed by atoms with Crippen LogP contribution in [0.15, 0.2) is 24.3 Å². The number of esters is 2. The van der Waals surface area contributed by atoms with Gasteiger partial charge in [0.05, 0.1) is 14.2 Å². The Balaban J connectivity index is 2.67. The molecule has 44 heavy (non-hydrogen) atoms. The fraction of sp³-hybridized carbons (Fsp3) is 0.611. The summed E-state index contributed by atoms with van der Waals surface area (Å²) in [6.07, 6.45) is 1.63. The lowest BCUT2D eigenvalue weighted by Crippen LogP contribution is -2.21. The monoisotopic (exact) mass is 630 g/mol. The number of carbonyl (C=O) groups is 2. The van der Waals surface area contributed by atoms with E-state index in [1.54, 1.807) is 0 Å². The third kappa shape index (κ3) is 10.2. The summed E-state index contributed by atoms with van der Waals surface area (Å²) in [4.78, 5) is 35.4. The van der Waals surface area contributed by atoms with Gasteiger partial charge in [0.1, 0.15) is 11.5 Å². The van der Waals surface area contributed by atoms with Gasteiger partial charge < -0.3 is 23.4 Å². The number of benzene rings is 2. The van der Waals surface area contributed by atoms with Gasteiger partial charge in [-0.3, -0.25) is 9.59 Å². The van der Waals surface area contributed by atoms with Crippen LogP contribution in [0.2, 0.25) is 0 Å². The van der Waals surface area contributed by atoms with Crippen molar-refractivity contribution in [3.63, 3.8) is 0 Å². The SMILES string of the molecule is COC(=O)CCc1cc(C(C)(C)C)c(OP(O)Oc2c(C(C)(C)C)cc(CCC(=O)OC)cc2C(C)(C)C)c(C(C)(C)C)c1. The maximum absolute atomic E-state index is 11.9. The zero-order chi connectivity index (χ0) is 33.8. The highest BCUT2D eigenvalue weighted by molar-refractivity contribution is 7.41. The average Bonchev–Trinajstić information content (AvgIpc) is 2.88. The highest BCUT2D eigenvalue weighted by Crippen LogP contribution is 2.50. The van der Waals surface area contributed by atoms with E-state index in [0.717, 1.165) is 33.4 Å². The van der Waals surface area contributed by atoms with E-state index < -0.39 is 8.60 Å². The summed E-state index contributed by atoms with van der Waals surface area (Å²) >= 11 is 0. The van der Waals surface area contributed by atoms with Crippen LogP contribution in [0.1, 0.15) is 129 Å². The molecule has 0 heterocycles. The first-order valence-corrected chi connectivity index (χ1v) is 16.5. The lowest BCUT2D eigenvalue weighted by Gasteiger charge is -2.33. The van der Waals surface area contributed by atoms with E-state index in [1.165, 1.54) is 14.2 Å². The molecule has 0 amide bonds. The van der Waals surface area contributed by atoms with Crippen molar-refractivity contribution in [3.05, 3.63) is 57.6 Å². The van der Waals surface area contributed by atoms with Crippen LogP contribution < -0.4 is 9.05 Å². The van der Waals surface area contributed by atoms with E-state index in [-0.39, 0.29) is 46.4 Å². The summed E-state index contributed by atoms with van der Waals surface area (Å²) in [5.74, 6) is 0.690. The molecule has 0 aliphatic rings. The number of aryl methyl sites for hydroxylation is 2. The van der Waals surface area contributed by atoms with Crippen molar-refractivity contribution in [2.75, 3.05) is 14.2 Å². The van der Waals surface area contributed by atoms with Crippen LogP contribution in [-0.2, 0) is 53.6 Å². The van der Waals surface area contributed by atoms with Gasteiger partial charge in [0.15, 0.2) is 0 Å². The Bertz CT molecular complexity index is 1150. The van der Waals surface area contributed by atoms with Crippen molar-refractivity contribution in [1.82, 2.24) is 0 Å². The van der Waals surface area contributed by atoms with Gasteiger partial charge in [0.25, 0.3) is 0 Å². The van der Waals surface area contributed by atoms with Crippen molar-refractivity contribution in [1.29, 1.82) is 0 Å². The Labute approximate surface area is 267 Å². The van der Waals surface area contributed by atoms with Gasteiger partial charge in [-0.05, 0) is 45.6 Å². The van der Waals surface area contributed by atoms with Gasteiger partial charge in [-0.2, -0.15) is 0 Å². The zero-order valence-corrected chi connectivity index (χ0v) is 30.4. The molecule has 0 fully saturated rings. The van der Waals surface area contributed by atoms with Crippen LogP contribution in [0.5, 0.6) is 11.5 Å². The number of hydrogen-bond donors (Lipinski definition) is 1. The number of ether oxygens (including phenoxy) is 2. The summed E-state index contributed by atoms with van der Waals surface area (Å²) < 4.78 is 22.6. The maximum Gasteiger partial charge on any atom is 0.460 e. The molecular formula is C36H55O7P. The van der Waals surface area contributed by atoms with E-state index in [4.69, 9.17) is 18.5 Å². The summed E-state index contributed by atoms with van der Waals surface area (Å²) in [6, 6.07) is 8.25. The fourth-order valence-corrected chi connectivity index (χ4v) is 5.71. The number of methoxy groups -OCH3 is 2. The molecule has 7 nitrogen and oxygen atoms in total. The first-order valence-electron chi connectivity index (χ1n) is 15.3. The standard InChI is InChI=1S/C36H55O7P/c1-33(2,3)25-19-23(15-17-29(37)40-13)20-26(34(4,5)6)31(25)42-44(39)43-32-27(35(7,8)9)21-24(16-18-30(38)41-14)22-28(32)36(10,11)12/h19-22,39H,15-18H2,1-14H3. The molecule has 0 atom stereocenters. The second-order valence-corrected chi connectivity index (χ2v) is 16.5. The van der Waals surface area contributed by atoms with Gasteiger partial charge in [0.2, 0.25) is 0 Å². The molecule has 0 aromatic heterocycles. The van der Waals surface area contributed by atoms with Crippen LogP contribution >= 0.6 is 8.60 Å². The Morgan fingerprint density at radius 1 is 0.568 bits per heavy atom. The molecule has 2 aromatic rings. The third-order valence-electron chi connectivity index (χ3n) is 7.56. The summed E-state index contributed by atoms with van der Waals surface area (Å²) in [6.45, 7) is 25.3. The third-order valence-corrected chi connectivity index (χ3v) is 8.24. The van der Waals surface area contributed by atoms with E-state index in [0.29, 0.717) is 24.3 Å². The van der Waals surface area contributed by atoms with Crippen LogP contribution in [0, 0.1) is 0 Å². The first-order chi connectivity index (χ1) is 20.0. The molecule has 0 aliphatic carbocycles. The van der Waals surface area contributed by atoms with Gasteiger partial charge in [-0.25, -0.2) is 0 Å². The van der Waals surface area contributed by atoms with E-state index in [2.05, 4.69) is 107 Å². The van der Waals surface area contributed by atoms with Crippen molar-refractivity contribution >= 4 is 20.5 Å². The van der Waals surface area contributed by atoms with Gasteiger partial charge in [-0.1, -0.05) is 107 Å². The van der Waals surface area contributed by atoms with Gasteiger partial charge in [-0.15, -0.1) is 0 Å². The van der Waals surface area contributed by atoms with Crippen LogP contribution in [0.3, 0.4) is 0 Å². The Morgan fingerprint density at radius 2 is 0.818 bits per heavy atom. The highest BCUT2D eigenvalue weighted by atomic mass is 31.2. The molecule has 0 aliphatic heterocycles. The summed E-state index contributed by atoms with van der Waals surface area (Å²) in [5.41, 5.74) is 4.47. The minimum Gasteiger partial charge on any atom is -0.469 e. The van der Waals surface area contributed by atoms with Crippen LogP contribution in [-0.4, -0.2) is 31.1 Å². The molecular weight excluding hydrogens is 575 g/mol. The largest absolute Gasteiger partial charge is 0.469 e. The number of rotatable bonds is 10. The lowest BCUT2D eigenvalue weighted by atomic mass is 9.78. The zero-order valence-electron chi connectivity index (χ0n) is 29.5. The minimum atomic E-state index is -2.40. The van der Waals surface area contributed by atoms with Crippen molar-refractivity contribution in [2.45, 2.75) is 130 Å². The Morgan fingerprint density at radius 3 is 1.02 bits per heavy atom. The van der Waals surface area contributed by atoms with E-state index in [1.807, 2.05) is 0 Å². The molecule has 8 heteroatoms. The maximum atomic E-state index is 11.9. The first kappa shape index (κ1) is 37.6.